The molecular formula is C19H21NO. The molecule has 2 aromatic carbocycles. The molecule has 0 radical (unpaired) electrons. The van der Waals surface area contributed by atoms with Gasteiger partial charge in [0.1, 0.15) is 12.4 Å². The minimum atomic E-state index is 0.144. The van der Waals surface area contributed by atoms with E-state index in [4.69, 9.17) is 4.74 Å². The van der Waals surface area contributed by atoms with E-state index in [-0.39, 0.29) is 5.41 Å². The number of hydrogen-bond acceptors (Lipinski definition) is 1. The van der Waals surface area contributed by atoms with E-state index in [1.165, 1.54) is 16.5 Å². The van der Waals surface area contributed by atoms with Crippen LogP contribution in [-0.4, -0.2) is 4.98 Å². The van der Waals surface area contributed by atoms with Crippen LogP contribution in [0.25, 0.3) is 10.9 Å². The highest BCUT2D eigenvalue weighted by atomic mass is 16.5. The lowest BCUT2D eigenvalue weighted by molar-refractivity contribution is 0.306. The number of H-pyrrole nitrogens is 1. The van der Waals surface area contributed by atoms with Gasteiger partial charge in [0, 0.05) is 23.2 Å². The summed E-state index contributed by atoms with van der Waals surface area (Å²) >= 11 is 0. The molecule has 2 heteroatoms. The zero-order valence-corrected chi connectivity index (χ0v) is 12.8. The molecule has 2 nitrogen and oxygen atoms in total. The van der Waals surface area contributed by atoms with Crippen molar-refractivity contribution in [2.45, 2.75) is 32.8 Å². The zero-order chi connectivity index (χ0) is 14.9. The standard InChI is InChI=1S/C19H21NO/c1-19(2,3)17-12-20-18-11-15(9-10-16(17)18)21-13-14-7-5-4-6-8-14/h4-12,20H,13H2,1-3H3. The van der Waals surface area contributed by atoms with E-state index in [2.05, 4.69) is 56.2 Å². The molecule has 3 aromatic rings. The summed E-state index contributed by atoms with van der Waals surface area (Å²) in [6.07, 6.45) is 2.10. The van der Waals surface area contributed by atoms with Crippen molar-refractivity contribution in [1.29, 1.82) is 0 Å². The second-order valence-corrected chi connectivity index (χ2v) is 6.43. The number of aromatic nitrogens is 1. The second kappa shape index (κ2) is 5.28. The third-order valence-corrected chi connectivity index (χ3v) is 3.71. The van der Waals surface area contributed by atoms with Crippen molar-refractivity contribution >= 4 is 10.9 Å². The Morgan fingerprint density at radius 2 is 1.76 bits per heavy atom. The second-order valence-electron chi connectivity index (χ2n) is 6.43. The van der Waals surface area contributed by atoms with E-state index in [0.29, 0.717) is 6.61 Å². The molecular weight excluding hydrogens is 258 g/mol. The van der Waals surface area contributed by atoms with Crippen LogP contribution in [0.4, 0.5) is 0 Å². The summed E-state index contributed by atoms with van der Waals surface area (Å²) in [5.41, 5.74) is 3.79. The maximum atomic E-state index is 5.88. The normalized spacial score (nSPS) is 11.8. The number of fused-ring (bicyclic) bond motifs is 1. The third kappa shape index (κ3) is 2.94. The Morgan fingerprint density at radius 1 is 1.00 bits per heavy atom. The summed E-state index contributed by atoms with van der Waals surface area (Å²) < 4.78 is 5.88. The molecule has 1 N–H and O–H groups in total. The number of nitrogens with one attached hydrogen (secondary N) is 1. The van der Waals surface area contributed by atoms with Crippen molar-refractivity contribution in [2.24, 2.45) is 0 Å². The van der Waals surface area contributed by atoms with Gasteiger partial charge in [-0.05, 0) is 28.7 Å². The van der Waals surface area contributed by atoms with Crippen LogP contribution in [0.3, 0.4) is 0 Å². The maximum absolute atomic E-state index is 5.88. The van der Waals surface area contributed by atoms with Crippen molar-refractivity contribution in [3.63, 3.8) is 0 Å². The third-order valence-electron chi connectivity index (χ3n) is 3.71. The molecule has 108 valence electrons. The molecule has 0 unspecified atom stereocenters. The van der Waals surface area contributed by atoms with Gasteiger partial charge in [0.15, 0.2) is 0 Å². The fourth-order valence-corrected chi connectivity index (χ4v) is 2.56. The molecule has 3 rings (SSSR count). The molecule has 1 aromatic heterocycles. The van der Waals surface area contributed by atoms with Crippen molar-refractivity contribution < 1.29 is 4.74 Å². The highest BCUT2D eigenvalue weighted by molar-refractivity contribution is 5.85. The van der Waals surface area contributed by atoms with Gasteiger partial charge in [-0.3, -0.25) is 0 Å². The molecule has 0 atom stereocenters. The van der Waals surface area contributed by atoms with Crippen LogP contribution in [0.5, 0.6) is 5.75 Å². The minimum absolute atomic E-state index is 0.144. The van der Waals surface area contributed by atoms with Crippen molar-refractivity contribution in [1.82, 2.24) is 4.98 Å². The average molecular weight is 279 g/mol. The average Bonchev–Trinajstić information content (AvgIpc) is 2.89. The fraction of sp³-hybridized carbons (Fsp3) is 0.263. The number of benzene rings is 2. The Bertz CT molecular complexity index is 735. The summed E-state index contributed by atoms with van der Waals surface area (Å²) in [5.74, 6) is 0.897. The van der Waals surface area contributed by atoms with E-state index < -0.39 is 0 Å². The molecule has 1 heterocycles. The summed E-state index contributed by atoms with van der Waals surface area (Å²) in [6, 6.07) is 16.5. The fourth-order valence-electron chi connectivity index (χ4n) is 2.56. The Morgan fingerprint density at radius 3 is 2.48 bits per heavy atom. The van der Waals surface area contributed by atoms with Gasteiger partial charge in [0.2, 0.25) is 0 Å². The largest absolute Gasteiger partial charge is 0.489 e. The molecule has 0 amide bonds. The van der Waals surface area contributed by atoms with Crippen LogP contribution in [0.2, 0.25) is 0 Å². The first kappa shape index (κ1) is 13.7. The van der Waals surface area contributed by atoms with Crippen LogP contribution in [0.15, 0.2) is 54.7 Å². The number of hydrogen-bond donors (Lipinski definition) is 1. The lowest BCUT2D eigenvalue weighted by Gasteiger charge is -2.17. The SMILES string of the molecule is CC(C)(C)c1c[nH]c2cc(OCc3ccccc3)ccc12. The Labute approximate surface area is 125 Å². The molecule has 0 aliphatic rings. The van der Waals surface area contributed by atoms with Gasteiger partial charge < -0.3 is 9.72 Å². The van der Waals surface area contributed by atoms with Gasteiger partial charge in [-0.15, -0.1) is 0 Å². The Balaban J connectivity index is 1.82. The van der Waals surface area contributed by atoms with Crippen LogP contribution in [-0.2, 0) is 12.0 Å². The molecule has 0 aliphatic heterocycles. The van der Waals surface area contributed by atoms with Gasteiger partial charge in [-0.25, -0.2) is 0 Å². The monoisotopic (exact) mass is 279 g/mol. The molecule has 0 spiro atoms. The van der Waals surface area contributed by atoms with Gasteiger partial charge in [0.25, 0.3) is 0 Å². The number of rotatable bonds is 3. The topological polar surface area (TPSA) is 25.0 Å². The lowest BCUT2D eigenvalue weighted by Crippen LogP contribution is -2.09. The zero-order valence-electron chi connectivity index (χ0n) is 12.8. The van der Waals surface area contributed by atoms with E-state index >= 15 is 0 Å². The highest BCUT2D eigenvalue weighted by Gasteiger charge is 2.18. The van der Waals surface area contributed by atoms with E-state index in [9.17, 15) is 0 Å². The van der Waals surface area contributed by atoms with Gasteiger partial charge >= 0.3 is 0 Å². The summed E-state index contributed by atoms with van der Waals surface area (Å²) in [6.45, 7) is 7.29. The highest BCUT2D eigenvalue weighted by Crippen LogP contribution is 2.31. The summed E-state index contributed by atoms with van der Waals surface area (Å²) in [7, 11) is 0. The first-order chi connectivity index (χ1) is 10.0. The van der Waals surface area contributed by atoms with Crippen molar-refractivity contribution in [2.75, 3.05) is 0 Å². The van der Waals surface area contributed by atoms with Crippen molar-refractivity contribution in [3.05, 3.63) is 65.9 Å². The predicted octanol–water partition coefficient (Wildman–Crippen LogP) is 5.04. The first-order valence-electron chi connectivity index (χ1n) is 7.32. The number of aromatic amines is 1. The van der Waals surface area contributed by atoms with Crippen LogP contribution in [0.1, 0.15) is 31.9 Å². The first-order valence-corrected chi connectivity index (χ1v) is 7.32. The van der Waals surface area contributed by atoms with Gasteiger partial charge in [-0.2, -0.15) is 0 Å². The van der Waals surface area contributed by atoms with Crippen molar-refractivity contribution in [3.8, 4) is 5.75 Å². The molecule has 0 saturated heterocycles. The molecule has 0 fully saturated rings. The smallest absolute Gasteiger partial charge is 0.121 e. The lowest BCUT2D eigenvalue weighted by atomic mass is 9.87. The van der Waals surface area contributed by atoms with Crippen LogP contribution in [0, 0.1) is 0 Å². The maximum Gasteiger partial charge on any atom is 0.121 e. The summed E-state index contributed by atoms with van der Waals surface area (Å²) in [5, 5.41) is 1.27. The summed E-state index contributed by atoms with van der Waals surface area (Å²) in [4.78, 5) is 3.35. The number of ether oxygens (including phenoxy) is 1. The van der Waals surface area contributed by atoms with E-state index in [1.54, 1.807) is 0 Å². The van der Waals surface area contributed by atoms with Crippen LogP contribution < -0.4 is 4.74 Å². The van der Waals surface area contributed by atoms with Gasteiger partial charge in [0.05, 0.1) is 0 Å². The molecule has 0 saturated carbocycles. The van der Waals surface area contributed by atoms with Crippen LogP contribution >= 0.6 is 0 Å². The Kier molecular flexibility index (Phi) is 3.46. The van der Waals surface area contributed by atoms with E-state index in [0.717, 1.165) is 11.3 Å². The quantitative estimate of drug-likeness (QED) is 0.713. The molecule has 21 heavy (non-hydrogen) atoms. The van der Waals surface area contributed by atoms with Gasteiger partial charge in [-0.1, -0.05) is 51.1 Å². The molecule has 0 bridgehead atoms. The Hall–Kier alpha value is -2.22. The van der Waals surface area contributed by atoms with E-state index in [1.807, 2.05) is 24.3 Å². The predicted molar refractivity (Wildman–Crippen MR) is 87.8 cm³/mol. The molecule has 0 aliphatic carbocycles. The minimum Gasteiger partial charge on any atom is -0.489 e.